The third kappa shape index (κ3) is 6.84. The van der Waals surface area contributed by atoms with Crippen LogP contribution in [0.3, 0.4) is 0 Å². The number of ether oxygens (including phenoxy) is 1. The van der Waals surface area contributed by atoms with Gasteiger partial charge in [0.2, 0.25) is 5.82 Å². The molecule has 0 radical (unpaired) electrons. The van der Waals surface area contributed by atoms with E-state index >= 15 is 0 Å². The topological polar surface area (TPSA) is 167 Å². The van der Waals surface area contributed by atoms with Crippen LogP contribution < -0.4 is 5.69 Å². The van der Waals surface area contributed by atoms with Crippen LogP contribution in [0.4, 0.5) is 13.2 Å². The molecule has 14 nitrogen and oxygen atoms in total. The number of esters is 1. The van der Waals surface area contributed by atoms with Gasteiger partial charge in [-0.2, -0.15) is 13.2 Å². The highest BCUT2D eigenvalue weighted by molar-refractivity contribution is 6.30. The molecule has 1 atom stereocenters. The zero-order valence-electron chi connectivity index (χ0n) is 24.1. The first-order valence-corrected chi connectivity index (χ1v) is 14.3. The maximum absolute atomic E-state index is 13.6. The molecule has 0 unspecified atom stereocenters. The summed E-state index contributed by atoms with van der Waals surface area (Å²) in [4.78, 5) is 61.5. The monoisotopic (exact) mass is 662 g/mol. The molecule has 1 fully saturated rings. The Morgan fingerprint density at radius 2 is 1.87 bits per heavy atom. The summed E-state index contributed by atoms with van der Waals surface area (Å²) in [5.74, 6) is -2.30. The molecule has 0 bridgehead atoms. The van der Waals surface area contributed by atoms with Crippen LogP contribution >= 0.6 is 11.6 Å². The summed E-state index contributed by atoms with van der Waals surface area (Å²) in [6.07, 6.45) is -4.59. The molecule has 1 aliphatic rings. The molecule has 3 aromatic heterocycles. The summed E-state index contributed by atoms with van der Waals surface area (Å²) in [6.45, 7) is 0.0469. The number of carbonyl (C=O) groups is 3. The van der Waals surface area contributed by atoms with Crippen molar-refractivity contribution in [3.8, 4) is 17.1 Å². The van der Waals surface area contributed by atoms with E-state index in [0.717, 1.165) is 9.36 Å². The third-order valence-corrected chi connectivity index (χ3v) is 7.21. The maximum atomic E-state index is 13.6. The molecule has 4 aromatic rings. The molecule has 18 heteroatoms. The van der Waals surface area contributed by atoms with Gasteiger partial charge in [0.25, 0.3) is 5.91 Å². The highest BCUT2D eigenvalue weighted by atomic mass is 35.5. The lowest BCUT2D eigenvalue weighted by atomic mass is 10.1. The van der Waals surface area contributed by atoms with Crippen LogP contribution in [0.5, 0.6) is 0 Å². The quantitative estimate of drug-likeness (QED) is 0.263. The molecule has 242 valence electrons. The molecule has 1 amide bonds. The Kier molecular flexibility index (Phi) is 9.34. The molecule has 0 spiro atoms. The van der Waals surface area contributed by atoms with Crippen LogP contribution in [0.2, 0.25) is 5.02 Å². The molecule has 1 aliphatic heterocycles. The Hall–Kier alpha value is -4.90. The SMILES string of the molecule is CCOC(=O)c1ccncc1-n1nc(Cn2nc(-c3ccc(Cl)cc3)n(C[C@H](O)C(F)(F)F)c2=O)nc1C(=O)N1CCCC(=O)C1. The minimum Gasteiger partial charge on any atom is -0.462 e. The normalized spacial score (nSPS) is 14.4. The summed E-state index contributed by atoms with van der Waals surface area (Å²) < 4.78 is 47.4. The van der Waals surface area contributed by atoms with Crippen LogP contribution in [-0.2, 0) is 22.6 Å². The van der Waals surface area contributed by atoms with Crippen LogP contribution in [0.25, 0.3) is 17.1 Å². The molecule has 1 N–H and O–H groups in total. The van der Waals surface area contributed by atoms with Gasteiger partial charge in [0.05, 0.1) is 31.5 Å². The van der Waals surface area contributed by atoms with Crippen LogP contribution in [0.1, 0.15) is 46.6 Å². The highest BCUT2D eigenvalue weighted by Gasteiger charge is 2.39. The van der Waals surface area contributed by atoms with Crippen molar-refractivity contribution in [2.75, 3.05) is 19.7 Å². The number of aromatic nitrogens is 7. The number of aliphatic hydroxyl groups excluding tert-OH is 1. The van der Waals surface area contributed by atoms with Gasteiger partial charge in [0.15, 0.2) is 23.5 Å². The van der Waals surface area contributed by atoms with E-state index in [2.05, 4.69) is 20.2 Å². The molecule has 5 rings (SSSR count). The summed E-state index contributed by atoms with van der Waals surface area (Å²) in [5.41, 5.74) is -0.801. The Morgan fingerprint density at radius 1 is 1.13 bits per heavy atom. The lowest BCUT2D eigenvalue weighted by molar-refractivity contribution is -0.207. The number of pyridine rings is 1. The number of ketones is 1. The molecule has 1 aromatic carbocycles. The largest absolute Gasteiger partial charge is 0.462 e. The Morgan fingerprint density at radius 3 is 2.54 bits per heavy atom. The molecular formula is C28H26ClF3N8O6. The van der Waals surface area contributed by atoms with E-state index in [0.29, 0.717) is 22.4 Å². The maximum Gasteiger partial charge on any atom is 0.416 e. The van der Waals surface area contributed by atoms with Crippen molar-refractivity contribution in [2.24, 2.45) is 0 Å². The fourth-order valence-electron chi connectivity index (χ4n) is 4.75. The van der Waals surface area contributed by atoms with E-state index in [1.165, 1.54) is 47.6 Å². The first kappa shape index (κ1) is 32.5. The third-order valence-electron chi connectivity index (χ3n) is 6.95. The number of halogens is 4. The number of nitrogens with zero attached hydrogens (tertiary/aromatic N) is 8. The average molecular weight is 663 g/mol. The number of Topliss-reactive ketones (excluding diaryl/α,β-unsaturated/α-hetero) is 1. The lowest BCUT2D eigenvalue weighted by Gasteiger charge is -2.25. The average Bonchev–Trinajstić information content (AvgIpc) is 3.57. The van der Waals surface area contributed by atoms with Crippen LogP contribution in [0.15, 0.2) is 47.5 Å². The van der Waals surface area contributed by atoms with E-state index < -0.39 is 42.9 Å². The lowest BCUT2D eigenvalue weighted by Crippen LogP contribution is -2.41. The summed E-state index contributed by atoms with van der Waals surface area (Å²) in [7, 11) is 0. The minimum atomic E-state index is -5.02. The van der Waals surface area contributed by atoms with Gasteiger partial charge < -0.3 is 14.7 Å². The molecule has 4 heterocycles. The molecule has 1 saturated heterocycles. The van der Waals surface area contributed by atoms with Crippen molar-refractivity contribution in [2.45, 2.75) is 45.1 Å². The molecule has 0 saturated carbocycles. The van der Waals surface area contributed by atoms with E-state index in [1.807, 2.05) is 0 Å². The number of benzene rings is 1. The van der Waals surface area contributed by atoms with Crippen LogP contribution in [-0.4, -0.2) is 93.7 Å². The minimum absolute atomic E-state index is 0.00956. The molecular weight excluding hydrogens is 637 g/mol. The van der Waals surface area contributed by atoms with E-state index in [-0.39, 0.29) is 59.8 Å². The van der Waals surface area contributed by atoms with Gasteiger partial charge in [-0.25, -0.2) is 23.9 Å². The fourth-order valence-corrected chi connectivity index (χ4v) is 4.87. The first-order chi connectivity index (χ1) is 21.9. The second kappa shape index (κ2) is 13.2. The number of hydrogen-bond donors (Lipinski definition) is 1. The zero-order valence-corrected chi connectivity index (χ0v) is 24.9. The van der Waals surface area contributed by atoms with Gasteiger partial charge in [0, 0.05) is 29.7 Å². The molecule has 0 aliphatic carbocycles. The Balaban J connectivity index is 1.60. The summed E-state index contributed by atoms with van der Waals surface area (Å²) >= 11 is 5.95. The number of piperidine rings is 1. The summed E-state index contributed by atoms with van der Waals surface area (Å²) in [6, 6.07) is 7.13. The fraction of sp³-hybridized carbons (Fsp3) is 0.357. The van der Waals surface area contributed by atoms with Crippen molar-refractivity contribution in [3.05, 3.63) is 75.4 Å². The number of aliphatic hydroxyl groups is 1. The standard InChI is InChI=1S/C28H26ClF3N8O6/c1-2-46-26(44)19-9-10-33-12-20(19)40-24(25(43)37-11-3-4-18(41)13-37)34-22(35-40)15-39-27(45)38(14-21(42)28(30,31)32)23(36-39)16-5-7-17(29)8-6-16/h5-10,12,21,42H,2-4,11,13-15H2,1H3/t21-/m0/s1. The van der Waals surface area contributed by atoms with E-state index in [1.54, 1.807) is 6.92 Å². The van der Waals surface area contributed by atoms with Gasteiger partial charge in [-0.1, -0.05) is 11.6 Å². The number of hydrogen-bond acceptors (Lipinski definition) is 10. The van der Waals surface area contributed by atoms with Crippen molar-refractivity contribution in [1.82, 2.24) is 39.0 Å². The predicted molar refractivity (Wildman–Crippen MR) is 153 cm³/mol. The number of rotatable bonds is 9. The number of amides is 1. The first-order valence-electron chi connectivity index (χ1n) is 13.9. The Labute approximate surface area is 263 Å². The van der Waals surface area contributed by atoms with Gasteiger partial charge in [-0.05, 0) is 43.7 Å². The van der Waals surface area contributed by atoms with Crippen molar-refractivity contribution < 1.29 is 37.4 Å². The van der Waals surface area contributed by atoms with Crippen molar-refractivity contribution >= 4 is 29.3 Å². The second-order valence-electron chi connectivity index (χ2n) is 10.2. The van der Waals surface area contributed by atoms with Gasteiger partial charge in [0.1, 0.15) is 12.2 Å². The smallest absolute Gasteiger partial charge is 0.416 e. The van der Waals surface area contributed by atoms with E-state index in [9.17, 15) is 37.5 Å². The van der Waals surface area contributed by atoms with Crippen LogP contribution in [0, 0.1) is 0 Å². The Bertz CT molecular complexity index is 1840. The van der Waals surface area contributed by atoms with Crippen molar-refractivity contribution in [1.29, 1.82) is 0 Å². The zero-order chi connectivity index (χ0) is 33.2. The predicted octanol–water partition coefficient (Wildman–Crippen LogP) is 2.29. The summed E-state index contributed by atoms with van der Waals surface area (Å²) in [5, 5.41) is 18.6. The highest BCUT2D eigenvalue weighted by Crippen LogP contribution is 2.24. The van der Waals surface area contributed by atoms with Gasteiger partial charge >= 0.3 is 17.8 Å². The second-order valence-corrected chi connectivity index (χ2v) is 10.6. The van der Waals surface area contributed by atoms with E-state index in [4.69, 9.17) is 16.3 Å². The van der Waals surface area contributed by atoms with Gasteiger partial charge in [-0.15, -0.1) is 10.2 Å². The number of likely N-dealkylation sites (tertiary alicyclic amines) is 1. The number of carbonyl (C=O) groups excluding carboxylic acids is 3. The van der Waals surface area contributed by atoms with Crippen molar-refractivity contribution in [3.63, 3.8) is 0 Å². The van der Waals surface area contributed by atoms with Gasteiger partial charge in [-0.3, -0.25) is 19.1 Å². The number of alkyl halides is 3. The molecule has 46 heavy (non-hydrogen) atoms.